The van der Waals surface area contributed by atoms with Crippen molar-refractivity contribution in [3.63, 3.8) is 0 Å². The zero-order valence-corrected chi connectivity index (χ0v) is 22.2. The summed E-state index contributed by atoms with van der Waals surface area (Å²) in [5.41, 5.74) is 1.08. The van der Waals surface area contributed by atoms with Crippen molar-refractivity contribution in [1.29, 1.82) is 0 Å². The lowest BCUT2D eigenvalue weighted by Crippen LogP contribution is -2.53. The third-order valence-electron chi connectivity index (χ3n) is 11.3. The largest absolute Gasteiger partial charge is 0.419 e. The monoisotopic (exact) mass is 509 g/mol. The Morgan fingerprint density at radius 3 is 2.28 bits per heavy atom. The van der Waals surface area contributed by atoms with Crippen LogP contribution in [0.5, 0.6) is 0 Å². The van der Waals surface area contributed by atoms with Gasteiger partial charge in [0.05, 0.1) is 11.3 Å². The van der Waals surface area contributed by atoms with Gasteiger partial charge >= 0.3 is 11.9 Å². The molecule has 7 atom stereocenters. The molecule has 1 aromatic heterocycles. The van der Waals surface area contributed by atoms with Gasteiger partial charge in [0.1, 0.15) is 5.69 Å². The van der Waals surface area contributed by atoms with Crippen LogP contribution in [0.25, 0.3) is 0 Å². The molecule has 0 aliphatic heterocycles. The molecule has 1 aromatic rings. The molecule has 8 bridgehead atoms. The lowest BCUT2D eigenvalue weighted by molar-refractivity contribution is -0.215. The quantitative estimate of drug-likeness (QED) is 0.284. The highest BCUT2D eigenvalue weighted by Crippen LogP contribution is 2.61. The Labute approximate surface area is 219 Å². The first-order valence-electron chi connectivity index (χ1n) is 14.4. The third kappa shape index (κ3) is 3.84. The second kappa shape index (κ2) is 8.74. The molecule has 0 spiro atoms. The van der Waals surface area contributed by atoms with Gasteiger partial charge in [0, 0.05) is 11.9 Å². The summed E-state index contributed by atoms with van der Waals surface area (Å²) >= 11 is 4.34. The molecule has 8 saturated carbocycles. The number of carbonyl (C=O) groups is 2. The molecule has 0 N–H and O–H groups in total. The molecular weight excluding hydrogens is 470 g/mol. The average Bonchev–Trinajstić information content (AvgIpc) is 2.85. The van der Waals surface area contributed by atoms with E-state index in [1.54, 1.807) is 6.20 Å². The first kappa shape index (κ1) is 23.5. The number of rotatable bonds is 6. The Hall–Kier alpha value is -1.56. The maximum Gasteiger partial charge on any atom is 0.315 e. The second-order valence-electron chi connectivity index (χ2n) is 13.5. The van der Waals surface area contributed by atoms with E-state index in [1.165, 1.54) is 25.7 Å². The normalized spacial score (nSPS) is 44.4. The number of nitrogens with zero attached hydrogens (tertiary/aromatic N) is 1. The fraction of sp³-hybridized carbons (Fsp3) is 0.767. The summed E-state index contributed by atoms with van der Waals surface area (Å²) in [6.45, 7) is 2.33. The predicted octanol–water partition coefficient (Wildman–Crippen LogP) is 6.13. The Balaban J connectivity index is 1.13. The number of hydrogen-bond acceptors (Lipinski definition) is 6. The molecule has 8 aliphatic carbocycles. The zero-order chi connectivity index (χ0) is 24.6. The van der Waals surface area contributed by atoms with E-state index in [4.69, 9.17) is 9.47 Å². The van der Waals surface area contributed by atoms with Crippen LogP contribution in [0.4, 0.5) is 0 Å². The van der Waals surface area contributed by atoms with Crippen molar-refractivity contribution in [1.82, 2.24) is 4.98 Å². The van der Waals surface area contributed by atoms with Gasteiger partial charge in [-0.3, -0.25) is 14.6 Å². The first-order valence-corrected chi connectivity index (χ1v) is 15.0. The molecule has 0 radical (unpaired) electrons. The van der Waals surface area contributed by atoms with Gasteiger partial charge in [-0.25, -0.2) is 0 Å². The van der Waals surface area contributed by atoms with Crippen LogP contribution in [0.2, 0.25) is 0 Å². The van der Waals surface area contributed by atoms with E-state index >= 15 is 0 Å². The van der Waals surface area contributed by atoms with Crippen molar-refractivity contribution in [2.24, 2.45) is 58.7 Å². The fourth-order valence-corrected chi connectivity index (χ4v) is 10.4. The lowest BCUT2D eigenvalue weighted by Gasteiger charge is -2.56. The molecule has 6 heteroatoms. The lowest BCUT2D eigenvalue weighted by atomic mass is 9.48. The molecule has 0 amide bonds. The zero-order valence-electron chi connectivity index (χ0n) is 21.3. The number of pyridine rings is 1. The molecule has 9 rings (SSSR count). The molecule has 7 unspecified atom stereocenters. The molecule has 36 heavy (non-hydrogen) atoms. The summed E-state index contributed by atoms with van der Waals surface area (Å²) in [5.74, 6) is 5.00. The summed E-state index contributed by atoms with van der Waals surface area (Å²) in [4.78, 5) is 32.1. The van der Waals surface area contributed by atoms with Gasteiger partial charge in [0.25, 0.3) is 6.29 Å². The van der Waals surface area contributed by atoms with Gasteiger partial charge < -0.3 is 9.47 Å². The first-order chi connectivity index (χ1) is 17.4. The summed E-state index contributed by atoms with van der Waals surface area (Å²) in [5, 5.41) is 0. The maximum atomic E-state index is 13.8. The average molecular weight is 510 g/mol. The molecule has 0 saturated heterocycles. The molecule has 5 nitrogen and oxygen atoms in total. The molecular formula is C30H39NO4S. The Morgan fingerprint density at radius 1 is 0.944 bits per heavy atom. The summed E-state index contributed by atoms with van der Waals surface area (Å²) < 4.78 is 12.3. The van der Waals surface area contributed by atoms with Gasteiger partial charge in [-0.1, -0.05) is 13.0 Å². The Bertz CT molecular complexity index is 1000. The standard InChI is InChI=1S/C30H39NO4S/c1-16-22-7-18-8-23(10-22)26(24(16)9-18)27(32)34-28(25-3-2-17(15-36)14-31-25)35-29(33)30-11-19-4-20(12-30)6-21(5-19)13-30/h2-3,14,16,18-24,26,28,36H,4-13,15H2,1H3. The van der Waals surface area contributed by atoms with E-state index < -0.39 is 11.7 Å². The van der Waals surface area contributed by atoms with E-state index in [2.05, 4.69) is 24.5 Å². The molecule has 0 aromatic carbocycles. The Kier molecular flexibility index (Phi) is 5.72. The van der Waals surface area contributed by atoms with Crippen molar-refractivity contribution in [3.8, 4) is 0 Å². The van der Waals surface area contributed by atoms with Crippen LogP contribution in [0.15, 0.2) is 18.3 Å². The smallest absolute Gasteiger partial charge is 0.315 e. The van der Waals surface area contributed by atoms with Crippen molar-refractivity contribution in [3.05, 3.63) is 29.6 Å². The third-order valence-corrected chi connectivity index (χ3v) is 11.7. The predicted molar refractivity (Wildman–Crippen MR) is 138 cm³/mol. The summed E-state index contributed by atoms with van der Waals surface area (Å²) in [6, 6.07) is 3.76. The van der Waals surface area contributed by atoms with E-state index in [1.807, 2.05) is 12.1 Å². The molecule has 1 heterocycles. The molecule has 8 aliphatic rings. The fourth-order valence-electron chi connectivity index (χ4n) is 10.2. The number of carbonyl (C=O) groups excluding carboxylic acids is 2. The summed E-state index contributed by atoms with van der Waals surface area (Å²) in [6.07, 6.45) is 12.0. The van der Waals surface area contributed by atoms with Crippen LogP contribution in [0.3, 0.4) is 0 Å². The van der Waals surface area contributed by atoms with E-state index in [0.29, 0.717) is 47.0 Å². The summed E-state index contributed by atoms with van der Waals surface area (Å²) in [7, 11) is 0. The number of esters is 2. The molecule has 194 valence electrons. The van der Waals surface area contributed by atoms with E-state index in [-0.39, 0.29) is 17.9 Å². The van der Waals surface area contributed by atoms with Crippen LogP contribution in [0, 0.1) is 58.7 Å². The van der Waals surface area contributed by atoms with Crippen molar-refractivity contribution in [2.45, 2.75) is 83.2 Å². The molecule has 8 fully saturated rings. The van der Waals surface area contributed by atoms with Crippen LogP contribution >= 0.6 is 12.6 Å². The highest BCUT2D eigenvalue weighted by Gasteiger charge is 2.57. The minimum atomic E-state index is -1.07. The van der Waals surface area contributed by atoms with Gasteiger partial charge in [-0.05, 0) is 123 Å². The minimum absolute atomic E-state index is 0.0785. The topological polar surface area (TPSA) is 65.5 Å². The van der Waals surface area contributed by atoms with Crippen molar-refractivity contribution < 1.29 is 19.1 Å². The van der Waals surface area contributed by atoms with E-state index in [9.17, 15) is 9.59 Å². The van der Waals surface area contributed by atoms with Crippen LogP contribution < -0.4 is 0 Å². The van der Waals surface area contributed by atoms with Crippen LogP contribution in [0.1, 0.15) is 88.7 Å². The highest BCUT2D eigenvalue weighted by atomic mass is 32.1. The van der Waals surface area contributed by atoms with Crippen LogP contribution in [-0.4, -0.2) is 16.9 Å². The van der Waals surface area contributed by atoms with E-state index in [0.717, 1.165) is 55.9 Å². The number of thiol groups is 1. The maximum absolute atomic E-state index is 13.8. The Morgan fingerprint density at radius 2 is 1.64 bits per heavy atom. The number of aromatic nitrogens is 1. The van der Waals surface area contributed by atoms with Gasteiger partial charge in [0.15, 0.2) is 0 Å². The minimum Gasteiger partial charge on any atom is -0.419 e. The SMILES string of the molecule is CC1C2CC3CC(C2)C(C(=O)OC(OC(=O)C24CC5CC(CC(C5)C2)C4)c2ccc(CS)cn2)C1C3. The highest BCUT2D eigenvalue weighted by molar-refractivity contribution is 7.79. The van der Waals surface area contributed by atoms with Gasteiger partial charge in [-0.2, -0.15) is 12.6 Å². The van der Waals surface area contributed by atoms with Gasteiger partial charge in [-0.15, -0.1) is 0 Å². The van der Waals surface area contributed by atoms with Crippen molar-refractivity contribution in [2.75, 3.05) is 0 Å². The number of hydrogen-bond donors (Lipinski definition) is 1. The second-order valence-corrected chi connectivity index (χ2v) is 13.8. The van der Waals surface area contributed by atoms with Crippen LogP contribution in [-0.2, 0) is 24.8 Å². The van der Waals surface area contributed by atoms with Crippen molar-refractivity contribution >= 4 is 24.6 Å². The van der Waals surface area contributed by atoms with Gasteiger partial charge in [0.2, 0.25) is 0 Å². The number of ether oxygens (including phenoxy) is 2.